The quantitative estimate of drug-likeness (QED) is 0.729. The molecule has 1 rings (SSSR count). The Kier molecular flexibility index (Phi) is 2.71. The van der Waals surface area contributed by atoms with Crippen LogP contribution in [0.25, 0.3) is 0 Å². The molecule has 2 nitrogen and oxygen atoms in total. The molecule has 0 bridgehead atoms. The van der Waals surface area contributed by atoms with Crippen molar-refractivity contribution in [2.75, 3.05) is 6.26 Å². The maximum Gasteiger partial charge on any atom is 0.0639 e. The van der Waals surface area contributed by atoms with Gasteiger partial charge in [0.15, 0.2) is 0 Å². The van der Waals surface area contributed by atoms with Crippen LogP contribution in [0.4, 0.5) is 0 Å². The molecule has 0 spiro atoms. The molecule has 1 aromatic carbocycles. The summed E-state index contributed by atoms with van der Waals surface area (Å²) < 4.78 is 19.2. The van der Waals surface area contributed by atoms with Crippen molar-refractivity contribution in [1.29, 1.82) is 0 Å². The lowest BCUT2D eigenvalue weighted by Gasteiger charge is -2.30. The van der Waals surface area contributed by atoms with Gasteiger partial charge in [-0.05, 0) is 31.9 Å². The highest BCUT2D eigenvalue weighted by Gasteiger charge is 2.14. The molecule has 0 saturated heterocycles. The first-order chi connectivity index (χ1) is 5.82. The minimum Gasteiger partial charge on any atom is -0.295 e. The largest absolute Gasteiger partial charge is 0.295 e. The van der Waals surface area contributed by atoms with Gasteiger partial charge in [0.05, 0.1) is 4.90 Å². The van der Waals surface area contributed by atoms with Gasteiger partial charge in [-0.3, -0.25) is 9.11 Å². The lowest BCUT2D eigenvalue weighted by molar-refractivity contribution is 0.493. The first-order valence-corrected chi connectivity index (χ1v) is 6.09. The second-order valence-corrected chi connectivity index (χ2v) is 5.64. The van der Waals surface area contributed by atoms with Crippen molar-refractivity contribution in [3.05, 3.63) is 28.8 Å². The molecule has 0 amide bonds. The molecule has 1 aromatic rings. The van der Waals surface area contributed by atoms with Crippen LogP contribution in [0.5, 0.6) is 0 Å². The number of benzene rings is 1. The summed E-state index contributed by atoms with van der Waals surface area (Å²) in [6.07, 6.45) is 1.47. The summed E-state index contributed by atoms with van der Waals surface area (Å²) in [5, 5.41) is 0. The summed E-state index contributed by atoms with van der Waals surface area (Å²) >= 11 is 0. The average molecular weight is 200 g/mol. The van der Waals surface area contributed by atoms with Crippen LogP contribution in [0.2, 0.25) is 0 Å². The van der Waals surface area contributed by atoms with Gasteiger partial charge in [-0.25, -0.2) is 0 Å². The average Bonchev–Trinajstić information content (AvgIpc) is 1.78. The Morgan fingerprint density at radius 1 is 1.00 bits per heavy atom. The lowest BCUT2D eigenvalue weighted by Crippen LogP contribution is -2.01. The Bertz CT molecular complexity index is 303. The van der Waals surface area contributed by atoms with Gasteiger partial charge in [-0.15, -0.1) is 0 Å². The summed E-state index contributed by atoms with van der Waals surface area (Å²) in [6, 6.07) is 3.94. The molecule has 0 aliphatic rings. The molecular formula is C10H16O2S. The highest BCUT2D eigenvalue weighted by Crippen LogP contribution is 2.47. The third-order valence-corrected chi connectivity index (χ3v) is 3.41. The van der Waals surface area contributed by atoms with Crippen molar-refractivity contribution < 1.29 is 9.11 Å². The van der Waals surface area contributed by atoms with Gasteiger partial charge in [0, 0.05) is 6.26 Å². The van der Waals surface area contributed by atoms with Crippen LogP contribution in [0, 0.1) is 20.8 Å². The molecule has 0 saturated carbocycles. The van der Waals surface area contributed by atoms with Crippen LogP contribution in [0.3, 0.4) is 0 Å². The SMILES string of the molecule is Cc1cc(C)c(S(C)(O)O)c(C)c1. The van der Waals surface area contributed by atoms with E-state index in [1.807, 2.05) is 32.9 Å². The fraction of sp³-hybridized carbons (Fsp3) is 0.400. The minimum absolute atomic E-state index is 0.693. The van der Waals surface area contributed by atoms with Gasteiger partial charge < -0.3 is 0 Å². The molecule has 0 unspecified atom stereocenters. The molecule has 2 N–H and O–H groups in total. The Balaban J connectivity index is 3.38. The number of hydrogen-bond acceptors (Lipinski definition) is 2. The molecular weight excluding hydrogens is 184 g/mol. The molecule has 0 radical (unpaired) electrons. The van der Waals surface area contributed by atoms with E-state index < -0.39 is 10.6 Å². The van der Waals surface area contributed by atoms with Gasteiger partial charge in [0.2, 0.25) is 0 Å². The predicted molar refractivity (Wildman–Crippen MR) is 57.7 cm³/mol. The van der Waals surface area contributed by atoms with Gasteiger partial charge in [-0.2, -0.15) is 10.6 Å². The molecule has 0 atom stereocenters. The summed E-state index contributed by atoms with van der Waals surface area (Å²) in [5.74, 6) is 0. The minimum atomic E-state index is -2.58. The zero-order valence-corrected chi connectivity index (χ0v) is 9.27. The van der Waals surface area contributed by atoms with E-state index in [0.717, 1.165) is 16.7 Å². The second-order valence-electron chi connectivity index (χ2n) is 3.56. The Morgan fingerprint density at radius 3 is 1.69 bits per heavy atom. The van der Waals surface area contributed by atoms with E-state index in [0.29, 0.717) is 4.90 Å². The summed E-state index contributed by atoms with van der Waals surface area (Å²) in [7, 11) is -2.58. The van der Waals surface area contributed by atoms with Gasteiger partial charge in [-0.1, -0.05) is 17.7 Å². The third kappa shape index (κ3) is 2.24. The summed E-state index contributed by atoms with van der Waals surface area (Å²) in [5.41, 5.74) is 3.07. The summed E-state index contributed by atoms with van der Waals surface area (Å²) in [4.78, 5) is 0.693. The highest BCUT2D eigenvalue weighted by atomic mass is 32.3. The monoisotopic (exact) mass is 200 g/mol. The lowest BCUT2D eigenvalue weighted by atomic mass is 10.1. The van der Waals surface area contributed by atoms with Crippen LogP contribution in [-0.4, -0.2) is 15.4 Å². The summed E-state index contributed by atoms with van der Waals surface area (Å²) in [6.45, 7) is 5.82. The normalized spacial score (nSPS) is 13.1. The van der Waals surface area contributed by atoms with Crippen molar-refractivity contribution in [2.24, 2.45) is 0 Å². The number of aryl methyl sites for hydroxylation is 3. The number of hydrogen-bond donors (Lipinski definition) is 2. The second kappa shape index (κ2) is 3.33. The maximum absolute atomic E-state index is 9.58. The third-order valence-electron chi connectivity index (χ3n) is 1.99. The van der Waals surface area contributed by atoms with Crippen molar-refractivity contribution in [2.45, 2.75) is 25.7 Å². The molecule has 0 aromatic heterocycles. The van der Waals surface area contributed by atoms with E-state index in [4.69, 9.17) is 0 Å². The fourth-order valence-corrected chi connectivity index (χ4v) is 3.11. The van der Waals surface area contributed by atoms with Crippen molar-refractivity contribution in [3.63, 3.8) is 0 Å². The molecule has 0 heterocycles. The van der Waals surface area contributed by atoms with Gasteiger partial charge >= 0.3 is 0 Å². The van der Waals surface area contributed by atoms with E-state index >= 15 is 0 Å². The highest BCUT2D eigenvalue weighted by molar-refractivity contribution is 8.23. The van der Waals surface area contributed by atoms with Gasteiger partial charge in [0.25, 0.3) is 0 Å². The molecule has 74 valence electrons. The standard InChI is InChI=1S/C10H16O2S/c1-7-5-8(2)10(9(3)6-7)13(4,11)12/h5-6,11-12H,1-4H3. The zero-order chi connectivity index (χ0) is 10.2. The Hall–Kier alpha value is -0.510. The van der Waals surface area contributed by atoms with Crippen LogP contribution in [0.15, 0.2) is 17.0 Å². The fourth-order valence-electron chi connectivity index (χ4n) is 1.78. The molecule has 0 fully saturated rings. The molecule has 0 aliphatic heterocycles. The van der Waals surface area contributed by atoms with E-state index in [1.165, 1.54) is 6.26 Å². The maximum atomic E-state index is 9.58. The van der Waals surface area contributed by atoms with Crippen molar-refractivity contribution in [1.82, 2.24) is 0 Å². The van der Waals surface area contributed by atoms with Crippen molar-refractivity contribution >= 4 is 10.6 Å². The zero-order valence-electron chi connectivity index (χ0n) is 8.46. The van der Waals surface area contributed by atoms with Crippen molar-refractivity contribution in [3.8, 4) is 0 Å². The van der Waals surface area contributed by atoms with Gasteiger partial charge in [0.1, 0.15) is 0 Å². The van der Waals surface area contributed by atoms with Crippen LogP contribution < -0.4 is 0 Å². The Labute approximate surface area is 81.0 Å². The van der Waals surface area contributed by atoms with Crippen LogP contribution >= 0.6 is 10.6 Å². The topological polar surface area (TPSA) is 40.5 Å². The van der Waals surface area contributed by atoms with Crippen LogP contribution in [0.1, 0.15) is 16.7 Å². The van der Waals surface area contributed by atoms with E-state index in [9.17, 15) is 9.11 Å². The predicted octanol–water partition coefficient (Wildman–Crippen LogP) is 3.35. The van der Waals surface area contributed by atoms with E-state index in [2.05, 4.69) is 0 Å². The smallest absolute Gasteiger partial charge is 0.0639 e. The van der Waals surface area contributed by atoms with Crippen LogP contribution in [-0.2, 0) is 0 Å². The number of rotatable bonds is 1. The van der Waals surface area contributed by atoms with E-state index in [-0.39, 0.29) is 0 Å². The molecule has 13 heavy (non-hydrogen) atoms. The first-order valence-electron chi connectivity index (χ1n) is 4.13. The first kappa shape index (κ1) is 10.6. The van der Waals surface area contributed by atoms with E-state index in [1.54, 1.807) is 0 Å². The molecule has 3 heteroatoms. The Morgan fingerprint density at radius 2 is 1.38 bits per heavy atom. The molecule has 0 aliphatic carbocycles.